The first-order valence-electron chi connectivity index (χ1n) is 13.8. The van der Waals surface area contributed by atoms with Gasteiger partial charge in [0.05, 0.1) is 19.3 Å². The molecule has 0 spiro atoms. The quantitative estimate of drug-likeness (QED) is 0.181. The number of likely N-dealkylation sites (N-methyl/N-ethyl adjacent to an activating group) is 1. The van der Waals surface area contributed by atoms with E-state index in [9.17, 15) is 24.3 Å². The second-order valence-electron chi connectivity index (χ2n) is 11.1. The van der Waals surface area contributed by atoms with E-state index in [1.165, 1.54) is 23.0 Å². The van der Waals surface area contributed by atoms with Gasteiger partial charge in [0.25, 0.3) is 0 Å². The first-order chi connectivity index (χ1) is 20.1. The van der Waals surface area contributed by atoms with Crippen LogP contribution in [-0.4, -0.2) is 121 Å². The molecule has 4 fully saturated rings. The molecule has 1 aromatic carbocycles. The van der Waals surface area contributed by atoms with Crippen LogP contribution >= 0.6 is 0 Å². The van der Waals surface area contributed by atoms with Crippen molar-refractivity contribution in [1.82, 2.24) is 20.6 Å². The summed E-state index contributed by atoms with van der Waals surface area (Å²) in [5.41, 5.74) is -0.0298. The molecule has 0 radical (unpaired) electrons. The molecule has 0 aromatic heterocycles. The van der Waals surface area contributed by atoms with Gasteiger partial charge in [-0.1, -0.05) is 24.3 Å². The summed E-state index contributed by atoms with van der Waals surface area (Å²) in [5, 5.41) is 25.9. The summed E-state index contributed by atoms with van der Waals surface area (Å²) in [6.07, 6.45) is -1.18. The number of esters is 1. The average molecular weight is 589 g/mol. The Morgan fingerprint density at radius 1 is 1.24 bits per heavy atom. The lowest BCUT2D eigenvalue weighted by molar-refractivity contribution is -0.201. The normalized spacial score (nSPS) is 31.3. The number of fused-ring (bicyclic) bond motifs is 4. The molecule has 8 atom stereocenters. The number of nitrogens with one attached hydrogen (secondary N) is 2. The maximum atomic E-state index is 14.2. The van der Waals surface area contributed by atoms with Crippen LogP contribution in [0.1, 0.15) is 24.5 Å². The van der Waals surface area contributed by atoms with E-state index < -0.39 is 65.8 Å². The molecule has 1 aliphatic carbocycles. The van der Waals surface area contributed by atoms with Crippen molar-refractivity contribution >= 4 is 29.8 Å². The summed E-state index contributed by atoms with van der Waals surface area (Å²) in [6, 6.07) is 4.75. The van der Waals surface area contributed by atoms with Crippen LogP contribution in [0, 0.1) is 5.41 Å². The number of carbonyl (C=O) groups is 4. The first kappa shape index (κ1) is 30.1. The SMILES string of the molecule is C[C@H](O)[C@@H](NC(=O)[C@@]12C[C@H]3OC(=O)[C@@H]1N(Cc1cccc(C=CC(=O)N(C)C)c1)O[C@@H]2[C@H]1OCO[C@H]13)C(=O)NCCO. The molecule has 4 aliphatic rings. The van der Waals surface area contributed by atoms with Crippen molar-refractivity contribution in [2.24, 2.45) is 5.41 Å². The van der Waals surface area contributed by atoms with Crippen LogP contribution in [0.5, 0.6) is 0 Å². The lowest BCUT2D eigenvalue weighted by Crippen LogP contribution is -2.71. The number of hydrogen-bond donors (Lipinski definition) is 4. The number of ether oxygens (including phenoxy) is 3. The van der Waals surface area contributed by atoms with E-state index in [1.807, 2.05) is 18.2 Å². The summed E-state index contributed by atoms with van der Waals surface area (Å²) in [7, 11) is 3.31. The highest BCUT2D eigenvalue weighted by Crippen LogP contribution is 2.55. The third-order valence-corrected chi connectivity index (χ3v) is 8.11. The molecule has 4 N–H and O–H groups in total. The summed E-state index contributed by atoms with van der Waals surface area (Å²) in [4.78, 5) is 60.2. The molecule has 14 heteroatoms. The second-order valence-corrected chi connectivity index (χ2v) is 11.1. The minimum atomic E-state index is -1.52. The van der Waals surface area contributed by atoms with Gasteiger partial charge in [-0.2, -0.15) is 5.06 Å². The van der Waals surface area contributed by atoms with Gasteiger partial charge in [-0.15, -0.1) is 0 Å². The molecule has 3 amide bonds. The highest BCUT2D eigenvalue weighted by Gasteiger charge is 2.74. The third kappa shape index (κ3) is 5.41. The van der Waals surface area contributed by atoms with Gasteiger partial charge in [-0.25, -0.2) is 0 Å². The van der Waals surface area contributed by atoms with E-state index in [4.69, 9.17) is 24.2 Å². The smallest absolute Gasteiger partial charge is 0.327 e. The summed E-state index contributed by atoms with van der Waals surface area (Å²) in [6.45, 7) is 1.00. The Hall–Kier alpha value is -3.40. The Morgan fingerprint density at radius 3 is 2.71 bits per heavy atom. The average Bonchev–Trinajstić information content (AvgIpc) is 3.58. The van der Waals surface area contributed by atoms with Gasteiger partial charge in [0.2, 0.25) is 17.7 Å². The summed E-state index contributed by atoms with van der Waals surface area (Å²) < 4.78 is 17.3. The van der Waals surface area contributed by atoms with Crippen LogP contribution in [0.4, 0.5) is 0 Å². The Morgan fingerprint density at radius 2 is 2.00 bits per heavy atom. The van der Waals surface area contributed by atoms with Gasteiger partial charge >= 0.3 is 5.97 Å². The number of aliphatic hydroxyl groups is 2. The van der Waals surface area contributed by atoms with Crippen LogP contribution in [0.2, 0.25) is 0 Å². The van der Waals surface area contributed by atoms with E-state index >= 15 is 0 Å². The molecule has 0 unspecified atom stereocenters. The molecule has 3 aliphatic heterocycles. The number of aliphatic hydroxyl groups excluding tert-OH is 2. The number of hydrogen-bond acceptors (Lipinski definition) is 11. The molecule has 2 bridgehead atoms. The molecule has 3 saturated heterocycles. The predicted molar refractivity (Wildman–Crippen MR) is 144 cm³/mol. The Labute approximate surface area is 242 Å². The number of rotatable bonds is 10. The molecule has 5 rings (SSSR count). The van der Waals surface area contributed by atoms with Gasteiger partial charge in [0, 0.05) is 33.1 Å². The largest absolute Gasteiger partial charge is 0.458 e. The van der Waals surface area contributed by atoms with Crippen molar-refractivity contribution < 1.29 is 48.4 Å². The van der Waals surface area contributed by atoms with Gasteiger partial charge in [0.1, 0.15) is 42.7 Å². The van der Waals surface area contributed by atoms with Crippen molar-refractivity contribution in [3.05, 3.63) is 41.5 Å². The van der Waals surface area contributed by atoms with E-state index in [1.54, 1.807) is 26.2 Å². The van der Waals surface area contributed by atoms with Crippen molar-refractivity contribution in [3.63, 3.8) is 0 Å². The molecular weight excluding hydrogens is 552 g/mol. The lowest BCUT2D eigenvalue weighted by Gasteiger charge is -2.49. The standard InChI is InChI=1S/C28H36N4O10/c1-15(34)20(25(36)29-9-10-33)30-27(38)28-12-18-21-22(40-14-39-21)24(28)42-32(23(28)26(37)41-18)13-17-6-4-5-16(11-17)7-8-19(35)31(2)3/h4-8,11,15,18,20-24,33-34H,9-10,12-14H2,1-3H3,(H,29,36)(H,30,38)/t15-,18+,20+,21-,22-,23-,24+,28-/m0/s1. The van der Waals surface area contributed by atoms with E-state index in [-0.39, 0.29) is 38.8 Å². The Kier molecular flexibility index (Phi) is 8.64. The number of carbonyl (C=O) groups excluding carboxylic acids is 4. The monoisotopic (exact) mass is 588 g/mol. The maximum Gasteiger partial charge on any atom is 0.327 e. The first-order valence-corrected chi connectivity index (χ1v) is 13.8. The summed E-state index contributed by atoms with van der Waals surface area (Å²) >= 11 is 0. The predicted octanol–water partition coefficient (Wildman–Crippen LogP) is -1.70. The molecule has 1 saturated carbocycles. The number of benzene rings is 1. The number of hydroxylamine groups is 2. The van der Waals surface area contributed by atoms with Crippen LogP contribution < -0.4 is 10.6 Å². The zero-order valence-corrected chi connectivity index (χ0v) is 23.6. The fourth-order valence-corrected chi connectivity index (χ4v) is 6.09. The molecule has 14 nitrogen and oxygen atoms in total. The lowest BCUT2D eigenvalue weighted by atomic mass is 9.62. The molecular formula is C28H36N4O10. The highest BCUT2D eigenvalue weighted by molar-refractivity contribution is 5.96. The van der Waals surface area contributed by atoms with Gasteiger partial charge in [-0.3, -0.25) is 24.0 Å². The zero-order valence-electron chi connectivity index (χ0n) is 23.6. The van der Waals surface area contributed by atoms with Gasteiger partial charge in [-0.05, 0) is 24.1 Å². The molecule has 42 heavy (non-hydrogen) atoms. The van der Waals surface area contributed by atoms with Gasteiger partial charge < -0.3 is 40.0 Å². The van der Waals surface area contributed by atoms with Crippen LogP contribution in [-0.2, 0) is 44.8 Å². The van der Waals surface area contributed by atoms with Crippen molar-refractivity contribution in [2.75, 3.05) is 34.0 Å². The molecule has 1 aromatic rings. The van der Waals surface area contributed by atoms with Crippen LogP contribution in [0.25, 0.3) is 6.08 Å². The van der Waals surface area contributed by atoms with Crippen LogP contribution in [0.3, 0.4) is 0 Å². The number of nitrogens with zero attached hydrogens (tertiary/aromatic N) is 2. The van der Waals surface area contributed by atoms with E-state index in [2.05, 4.69) is 10.6 Å². The minimum absolute atomic E-state index is 0.0567. The van der Waals surface area contributed by atoms with Crippen LogP contribution in [0.15, 0.2) is 30.3 Å². The van der Waals surface area contributed by atoms with Crippen molar-refractivity contribution in [2.45, 2.75) is 62.5 Å². The van der Waals surface area contributed by atoms with E-state index in [0.717, 1.165) is 11.1 Å². The highest BCUT2D eigenvalue weighted by atomic mass is 16.8. The molecule has 228 valence electrons. The Bertz CT molecular complexity index is 1250. The third-order valence-electron chi connectivity index (χ3n) is 8.11. The minimum Gasteiger partial charge on any atom is -0.458 e. The summed E-state index contributed by atoms with van der Waals surface area (Å²) in [5.74, 6) is -2.20. The van der Waals surface area contributed by atoms with Crippen molar-refractivity contribution in [1.29, 1.82) is 0 Å². The number of amides is 3. The maximum absolute atomic E-state index is 14.2. The molecule has 3 heterocycles. The van der Waals surface area contributed by atoms with Gasteiger partial charge in [0.15, 0.2) is 6.04 Å². The zero-order chi connectivity index (χ0) is 30.2. The fourth-order valence-electron chi connectivity index (χ4n) is 6.09. The Balaban J connectivity index is 1.45. The topological polar surface area (TPSA) is 176 Å². The second kappa shape index (κ2) is 12.1. The van der Waals surface area contributed by atoms with Crippen molar-refractivity contribution in [3.8, 4) is 0 Å². The fraction of sp³-hybridized carbons (Fsp3) is 0.571. The van der Waals surface area contributed by atoms with E-state index in [0.29, 0.717) is 0 Å².